The highest BCUT2D eigenvalue weighted by Crippen LogP contribution is 2.31. The van der Waals surface area contributed by atoms with Gasteiger partial charge in [0.25, 0.3) is 0 Å². The van der Waals surface area contributed by atoms with Crippen LogP contribution in [-0.2, 0) is 27.7 Å². The molecule has 9 heteroatoms. The van der Waals surface area contributed by atoms with E-state index >= 15 is 0 Å². The normalized spacial score (nSPS) is 15.2. The van der Waals surface area contributed by atoms with Gasteiger partial charge in [0, 0.05) is 18.7 Å². The Morgan fingerprint density at radius 1 is 0.857 bits per heavy atom. The number of rotatable bonds is 6. The van der Waals surface area contributed by atoms with Crippen molar-refractivity contribution in [2.45, 2.75) is 17.9 Å². The molecule has 0 amide bonds. The van der Waals surface area contributed by atoms with Crippen LogP contribution in [0.1, 0.15) is 31.8 Å². The largest absolute Gasteiger partial charge is 0.486 e. The molecule has 0 bridgehead atoms. The highest BCUT2D eigenvalue weighted by molar-refractivity contribution is 7.89. The fraction of sp³-hybridized carbons (Fsp3) is 0.231. The third-order valence-corrected chi connectivity index (χ3v) is 7.88. The van der Waals surface area contributed by atoms with Crippen LogP contribution in [0, 0.1) is 0 Å². The molecule has 0 fully saturated rings. The number of hydrogen-bond donors (Lipinski definition) is 0. The van der Waals surface area contributed by atoms with Gasteiger partial charge in [0.2, 0.25) is 10.0 Å². The molecule has 0 radical (unpaired) electrons. The lowest BCUT2D eigenvalue weighted by Gasteiger charge is -2.28. The van der Waals surface area contributed by atoms with E-state index in [1.165, 1.54) is 28.6 Å². The summed E-state index contributed by atoms with van der Waals surface area (Å²) in [6, 6.07) is 18.1. The number of fused-ring (bicyclic) bond motifs is 2. The van der Waals surface area contributed by atoms with Crippen LogP contribution in [-0.4, -0.2) is 50.8 Å². The number of sulfonamides is 1. The molecule has 0 aromatic heterocycles. The van der Waals surface area contributed by atoms with Gasteiger partial charge in [-0.05, 0) is 60.0 Å². The van der Waals surface area contributed by atoms with Gasteiger partial charge in [-0.2, -0.15) is 4.31 Å². The number of ether oxygens (including phenoxy) is 3. The predicted molar refractivity (Wildman–Crippen MR) is 126 cm³/mol. The second kappa shape index (κ2) is 9.52. The Hall–Kier alpha value is -3.69. The SMILES string of the molecule is O=C(COC(=O)c1ccc(S(=O)(=O)N2CCc3ccccc3C2)cc1)c1ccc2c(c1)OCCO2. The van der Waals surface area contributed by atoms with Crippen molar-refractivity contribution < 1.29 is 32.2 Å². The first kappa shape index (κ1) is 23.1. The summed E-state index contributed by atoms with van der Waals surface area (Å²) in [5.74, 6) is -0.0670. The maximum absolute atomic E-state index is 13.1. The van der Waals surface area contributed by atoms with E-state index in [4.69, 9.17) is 14.2 Å². The summed E-state index contributed by atoms with van der Waals surface area (Å²) in [7, 11) is -3.71. The zero-order chi connectivity index (χ0) is 24.4. The lowest BCUT2D eigenvalue weighted by molar-refractivity contribution is 0.0474. The van der Waals surface area contributed by atoms with Gasteiger partial charge in [-0.15, -0.1) is 0 Å². The molecule has 0 spiro atoms. The van der Waals surface area contributed by atoms with Crippen LogP contribution in [0.25, 0.3) is 0 Å². The van der Waals surface area contributed by atoms with E-state index in [0.29, 0.717) is 49.8 Å². The summed E-state index contributed by atoms with van der Waals surface area (Å²) in [4.78, 5) is 25.0. The average molecular weight is 494 g/mol. The van der Waals surface area contributed by atoms with Gasteiger partial charge in [-0.3, -0.25) is 4.79 Å². The zero-order valence-electron chi connectivity index (χ0n) is 18.8. The number of benzene rings is 3. The zero-order valence-corrected chi connectivity index (χ0v) is 19.6. The van der Waals surface area contributed by atoms with E-state index in [-0.39, 0.29) is 16.2 Å². The lowest BCUT2D eigenvalue weighted by atomic mass is 10.0. The Morgan fingerprint density at radius 3 is 2.31 bits per heavy atom. The molecule has 180 valence electrons. The minimum Gasteiger partial charge on any atom is -0.486 e. The smallest absolute Gasteiger partial charge is 0.338 e. The maximum Gasteiger partial charge on any atom is 0.338 e. The van der Waals surface area contributed by atoms with Crippen molar-refractivity contribution in [1.29, 1.82) is 0 Å². The Kier molecular flexibility index (Phi) is 6.27. The highest BCUT2D eigenvalue weighted by Gasteiger charge is 2.28. The molecular formula is C26H23NO7S. The predicted octanol–water partition coefficient (Wildman–Crippen LogP) is 3.24. The molecular weight excluding hydrogens is 470 g/mol. The first-order valence-electron chi connectivity index (χ1n) is 11.2. The van der Waals surface area contributed by atoms with E-state index in [1.807, 2.05) is 24.3 Å². The number of carbonyl (C=O) groups excluding carboxylic acids is 2. The van der Waals surface area contributed by atoms with E-state index in [2.05, 4.69) is 0 Å². The molecule has 8 nitrogen and oxygen atoms in total. The van der Waals surface area contributed by atoms with E-state index in [9.17, 15) is 18.0 Å². The van der Waals surface area contributed by atoms with Crippen molar-refractivity contribution in [3.05, 3.63) is 89.0 Å². The van der Waals surface area contributed by atoms with Crippen molar-refractivity contribution in [2.24, 2.45) is 0 Å². The van der Waals surface area contributed by atoms with Gasteiger partial charge in [0.05, 0.1) is 10.5 Å². The first-order chi connectivity index (χ1) is 16.9. The molecule has 5 rings (SSSR count). The standard InChI is InChI=1S/C26H23NO7S/c28-23(20-7-10-24-25(15-20)33-14-13-32-24)17-34-26(29)19-5-8-22(9-6-19)35(30,31)27-12-11-18-3-1-2-4-21(18)16-27/h1-10,15H,11-14,16-17H2. The second-order valence-electron chi connectivity index (χ2n) is 8.24. The van der Waals surface area contributed by atoms with E-state index < -0.39 is 22.6 Å². The molecule has 0 aliphatic carbocycles. The van der Waals surface area contributed by atoms with Crippen molar-refractivity contribution in [2.75, 3.05) is 26.4 Å². The lowest BCUT2D eigenvalue weighted by Crippen LogP contribution is -2.35. The Morgan fingerprint density at radius 2 is 1.54 bits per heavy atom. The number of esters is 1. The van der Waals surface area contributed by atoms with Gasteiger partial charge in [-0.1, -0.05) is 24.3 Å². The Bertz CT molecular complexity index is 1380. The third kappa shape index (κ3) is 4.78. The minimum absolute atomic E-state index is 0.0979. The van der Waals surface area contributed by atoms with Gasteiger partial charge in [0.1, 0.15) is 13.2 Å². The number of nitrogens with zero attached hydrogens (tertiary/aromatic N) is 1. The fourth-order valence-electron chi connectivity index (χ4n) is 4.10. The summed E-state index contributed by atoms with van der Waals surface area (Å²) in [5, 5.41) is 0. The molecule has 35 heavy (non-hydrogen) atoms. The molecule has 0 unspecified atom stereocenters. The minimum atomic E-state index is -3.71. The summed E-state index contributed by atoms with van der Waals surface area (Å²) < 4.78 is 43.7. The van der Waals surface area contributed by atoms with Crippen LogP contribution in [0.2, 0.25) is 0 Å². The van der Waals surface area contributed by atoms with Crippen LogP contribution in [0.5, 0.6) is 11.5 Å². The molecule has 3 aromatic carbocycles. The summed E-state index contributed by atoms with van der Waals surface area (Å²) in [6.07, 6.45) is 0.650. The molecule has 0 saturated heterocycles. The molecule has 3 aromatic rings. The Balaban J connectivity index is 1.21. The van der Waals surface area contributed by atoms with Gasteiger partial charge >= 0.3 is 5.97 Å². The molecule has 2 heterocycles. The van der Waals surface area contributed by atoms with Crippen LogP contribution in [0.15, 0.2) is 71.6 Å². The van der Waals surface area contributed by atoms with Crippen molar-refractivity contribution in [3.63, 3.8) is 0 Å². The first-order valence-corrected chi connectivity index (χ1v) is 12.6. The van der Waals surface area contributed by atoms with E-state index in [1.54, 1.807) is 18.2 Å². The summed E-state index contributed by atoms with van der Waals surface area (Å²) >= 11 is 0. The number of ketones is 1. The summed E-state index contributed by atoms with van der Waals surface area (Å²) in [5.41, 5.74) is 2.64. The highest BCUT2D eigenvalue weighted by atomic mass is 32.2. The van der Waals surface area contributed by atoms with E-state index in [0.717, 1.165) is 11.1 Å². The Labute approximate surface area is 203 Å². The topological polar surface area (TPSA) is 99.2 Å². The number of Topliss-reactive ketones (excluding diaryl/α,β-unsaturated/α-hetero) is 1. The molecule has 0 N–H and O–H groups in total. The van der Waals surface area contributed by atoms with Crippen LogP contribution in [0.3, 0.4) is 0 Å². The molecule has 0 saturated carbocycles. The monoisotopic (exact) mass is 493 g/mol. The average Bonchev–Trinajstić information content (AvgIpc) is 2.91. The van der Waals surface area contributed by atoms with Crippen LogP contribution in [0.4, 0.5) is 0 Å². The quantitative estimate of drug-likeness (QED) is 0.384. The molecule has 2 aliphatic rings. The number of carbonyl (C=O) groups is 2. The van der Waals surface area contributed by atoms with Crippen molar-refractivity contribution >= 4 is 21.8 Å². The van der Waals surface area contributed by atoms with Gasteiger partial charge < -0.3 is 14.2 Å². The molecule has 0 atom stereocenters. The van der Waals surface area contributed by atoms with Gasteiger partial charge in [-0.25, -0.2) is 13.2 Å². The fourth-order valence-corrected chi connectivity index (χ4v) is 5.52. The third-order valence-electron chi connectivity index (χ3n) is 6.02. The van der Waals surface area contributed by atoms with Crippen LogP contribution >= 0.6 is 0 Å². The van der Waals surface area contributed by atoms with Crippen molar-refractivity contribution in [3.8, 4) is 11.5 Å². The van der Waals surface area contributed by atoms with Gasteiger partial charge in [0.15, 0.2) is 23.9 Å². The number of hydrogen-bond acceptors (Lipinski definition) is 7. The molecule has 2 aliphatic heterocycles. The maximum atomic E-state index is 13.1. The van der Waals surface area contributed by atoms with Crippen LogP contribution < -0.4 is 9.47 Å². The second-order valence-corrected chi connectivity index (χ2v) is 10.2. The summed E-state index contributed by atoms with van der Waals surface area (Å²) in [6.45, 7) is 1.10. The van der Waals surface area contributed by atoms with Crippen molar-refractivity contribution in [1.82, 2.24) is 4.31 Å².